The third kappa shape index (κ3) is 4.58. The molecule has 198 valence electrons. The van der Waals surface area contributed by atoms with Gasteiger partial charge in [0.1, 0.15) is 17.6 Å². The van der Waals surface area contributed by atoms with Crippen molar-refractivity contribution in [3.8, 4) is 11.5 Å². The molecule has 1 aliphatic carbocycles. The van der Waals surface area contributed by atoms with Crippen molar-refractivity contribution >= 4 is 5.97 Å². The van der Waals surface area contributed by atoms with Crippen LogP contribution in [0.2, 0.25) is 0 Å². The van der Waals surface area contributed by atoms with Gasteiger partial charge < -0.3 is 14.2 Å². The van der Waals surface area contributed by atoms with Crippen molar-refractivity contribution in [3.63, 3.8) is 0 Å². The molecule has 2 saturated heterocycles. The van der Waals surface area contributed by atoms with Crippen LogP contribution in [0.3, 0.4) is 0 Å². The van der Waals surface area contributed by atoms with Crippen molar-refractivity contribution in [1.29, 1.82) is 0 Å². The Morgan fingerprint density at radius 2 is 1.81 bits per heavy atom. The highest BCUT2D eigenvalue weighted by molar-refractivity contribution is 5.71. The Labute approximate surface area is 214 Å². The van der Waals surface area contributed by atoms with Gasteiger partial charge in [0.15, 0.2) is 0 Å². The van der Waals surface area contributed by atoms with Crippen molar-refractivity contribution in [2.75, 3.05) is 13.7 Å². The number of nitrogens with zero attached hydrogens (tertiary/aromatic N) is 1. The van der Waals surface area contributed by atoms with Gasteiger partial charge in [-0.05, 0) is 67.3 Å². The van der Waals surface area contributed by atoms with E-state index in [1.54, 1.807) is 6.07 Å². The molecule has 2 bridgehead atoms. The maximum atomic E-state index is 14.1. The van der Waals surface area contributed by atoms with Gasteiger partial charge in [-0.15, -0.1) is 0 Å². The van der Waals surface area contributed by atoms with E-state index < -0.39 is 11.7 Å². The number of esters is 1. The van der Waals surface area contributed by atoms with E-state index in [9.17, 15) is 18.0 Å². The Bertz CT molecular complexity index is 1180. The van der Waals surface area contributed by atoms with Gasteiger partial charge in [0.25, 0.3) is 0 Å². The molecular formula is C29H32F3NO4. The summed E-state index contributed by atoms with van der Waals surface area (Å²) < 4.78 is 59.2. The molecule has 0 radical (unpaired) electrons. The number of ether oxygens (including phenoxy) is 3. The van der Waals surface area contributed by atoms with Crippen LogP contribution in [0.4, 0.5) is 13.2 Å². The molecule has 4 aliphatic rings. The SMILES string of the molecule is COC(=O)C[C@@H]1COc2cc(O[C@@H]3CCc4c3ccc(C(F)(F)F)c4CN3C4CCCC3CC4)ccc21. The molecule has 5 nitrogen and oxygen atoms in total. The van der Waals surface area contributed by atoms with Crippen LogP contribution in [0, 0.1) is 0 Å². The molecule has 8 heteroatoms. The molecule has 3 heterocycles. The summed E-state index contributed by atoms with van der Waals surface area (Å²) in [6.45, 7) is 0.774. The predicted octanol–water partition coefficient (Wildman–Crippen LogP) is 6.33. The third-order valence-corrected chi connectivity index (χ3v) is 8.75. The monoisotopic (exact) mass is 515 g/mol. The molecule has 2 aromatic carbocycles. The summed E-state index contributed by atoms with van der Waals surface area (Å²) in [6.07, 6.45) is 2.30. The predicted molar refractivity (Wildman–Crippen MR) is 131 cm³/mol. The van der Waals surface area contributed by atoms with E-state index in [4.69, 9.17) is 14.2 Å². The molecule has 2 aromatic rings. The van der Waals surface area contributed by atoms with Crippen LogP contribution in [0.1, 0.15) is 84.8 Å². The van der Waals surface area contributed by atoms with E-state index in [0.29, 0.717) is 55.1 Å². The number of hydrogen-bond acceptors (Lipinski definition) is 5. The maximum absolute atomic E-state index is 14.1. The largest absolute Gasteiger partial charge is 0.492 e. The van der Waals surface area contributed by atoms with E-state index in [1.807, 2.05) is 18.2 Å². The second-order valence-electron chi connectivity index (χ2n) is 10.8. The summed E-state index contributed by atoms with van der Waals surface area (Å²) in [4.78, 5) is 14.0. The molecular weight excluding hydrogens is 483 g/mol. The molecule has 0 N–H and O–H groups in total. The Kier molecular flexibility index (Phi) is 6.33. The minimum Gasteiger partial charge on any atom is -0.492 e. The van der Waals surface area contributed by atoms with Crippen LogP contribution in [-0.4, -0.2) is 36.7 Å². The molecule has 2 unspecified atom stereocenters. The lowest BCUT2D eigenvalue weighted by Crippen LogP contribution is -2.39. The van der Waals surface area contributed by atoms with Gasteiger partial charge >= 0.3 is 12.1 Å². The van der Waals surface area contributed by atoms with Gasteiger partial charge in [0, 0.05) is 36.2 Å². The van der Waals surface area contributed by atoms with E-state index in [0.717, 1.165) is 42.4 Å². The minimum atomic E-state index is -4.38. The molecule has 0 aromatic heterocycles. The number of carbonyl (C=O) groups excluding carboxylic acids is 1. The lowest BCUT2D eigenvalue weighted by Gasteiger charge is -2.36. The van der Waals surface area contributed by atoms with E-state index >= 15 is 0 Å². The number of carbonyl (C=O) groups is 1. The summed E-state index contributed by atoms with van der Waals surface area (Å²) in [5.74, 6) is 0.956. The minimum absolute atomic E-state index is 0.0582. The zero-order valence-electron chi connectivity index (χ0n) is 21.0. The average Bonchev–Trinajstić information content (AvgIpc) is 3.51. The Morgan fingerprint density at radius 3 is 2.54 bits per heavy atom. The molecule has 3 aliphatic heterocycles. The van der Waals surface area contributed by atoms with Crippen molar-refractivity contribution in [1.82, 2.24) is 4.90 Å². The number of rotatable bonds is 6. The van der Waals surface area contributed by atoms with Crippen molar-refractivity contribution in [2.45, 2.75) is 88.2 Å². The van der Waals surface area contributed by atoms with Gasteiger partial charge in [0.05, 0.1) is 25.7 Å². The van der Waals surface area contributed by atoms with Crippen molar-refractivity contribution in [3.05, 3.63) is 58.1 Å². The van der Waals surface area contributed by atoms with E-state index in [1.165, 1.54) is 19.6 Å². The van der Waals surface area contributed by atoms with E-state index in [2.05, 4.69) is 4.90 Å². The molecule has 0 amide bonds. The van der Waals surface area contributed by atoms with Crippen LogP contribution in [0.25, 0.3) is 0 Å². The fourth-order valence-electron chi connectivity index (χ4n) is 6.92. The van der Waals surface area contributed by atoms with Crippen LogP contribution >= 0.6 is 0 Å². The van der Waals surface area contributed by atoms with Gasteiger partial charge in [0.2, 0.25) is 0 Å². The second kappa shape index (κ2) is 9.53. The van der Waals surface area contributed by atoms with Gasteiger partial charge in [-0.3, -0.25) is 9.69 Å². The molecule has 4 atom stereocenters. The number of hydrogen-bond donors (Lipinski definition) is 0. The van der Waals surface area contributed by atoms with Gasteiger partial charge in [-0.2, -0.15) is 13.2 Å². The highest BCUT2D eigenvalue weighted by atomic mass is 19.4. The average molecular weight is 516 g/mol. The first-order valence-corrected chi connectivity index (χ1v) is 13.3. The first-order chi connectivity index (χ1) is 17.8. The molecule has 6 rings (SSSR count). The number of benzene rings is 2. The van der Waals surface area contributed by atoms with Crippen LogP contribution in [0.15, 0.2) is 30.3 Å². The quantitative estimate of drug-likeness (QED) is 0.421. The summed E-state index contributed by atoms with van der Waals surface area (Å²) in [6, 6.07) is 9.25. The third-order valence-electron chi connectivity index (χ3n) is 8.75. The van der Waals surface area contributed by atoms with Gasteiger partial charge in [-0.1, -0.05) is 18.6 Å². The molecule has 0 spiro atoms. The highest BCUT2D eigenvalue weighted by Crippen LogP contribution is 2.46. The zero-order valence-corrected chi connectivity index (χ0v) is 21.0. The van der Waals surface area contributed by atoms with Crippen molar-refractivity contribution in [2.24, 2.45) is 0 Å². The van der Waals surface area contributed by atoms with Crippen LogP contribution in [0.5, 0.6) is 11.5 Å². The molecule has 2 fully saturated rings. The first-order valence-electron chi connectivity index (χ1n) is 13.3. The lowest BCUT2D eigenvalue weighted by molar-refractivity contribution is -0.141. The Balaban J connectivity index is 1.25. The van der Waals surface area contributed by atoms with Crippen LogP contribution in [-0.2, 0) is 28.7 Å². The van der Waals surface area contributed by atoms with Crippen LogP contribution < -0.4 is 9.47 Å². The fourth-order valence-corrected chi connectivity index (χ4v) is 6.92. The Hall–Kier alpha value is -2.74. The smallest absolute Gasteiger partial charge is 0.416 e. The summed E-state index contributed by atoms with van der Waals surface area (Å²) >= 11 is 0. The second-order valence-corrected chi connectivity index (χ2v) is 10.8. The Morgan fingerprint density at radius 1 is 1.05 bits per heavy atom. The number of piperidine rings is 1. The lowest BCUT2D eigenvalue weighted by atomic mass is 9.94. The maximum Gasteiger partial charge on any atom is 0.416 e. The number of methoxy groups -OCH3 is 1. The summed E-state index contributed by atoms with van der Waals surface area (Å²) in [5, 5.41) is 0. The standard InChI is InChI=1S/C29H32F3NO4/c1-35-28(34)13-17-16-36-27-14-20(7-8-21(17)27)37-26-12-10-22-23(26)9-11-25(29(30,31)32)24(22)15-33-18-3-2-4-19(33)6-5-18/h7-9,11,14,17-19,26H,2-6,10,12-13,15-16H2,1H3/t17-,18?,19?,26-/m1/s1. The fraction of sp³-hybridized carbons (Fsp3) is 0.552. The zero-order chi connectivity index (χ0) is 25.7. The molecule has 0 saturated carbocycles. The number of fused-ring (bicyclic) bond motifs is 4. The highest BCUT2D eigenvalue weighted by Gasteiger charge is 2.41. The topological polar surface area (TPSA) is 48.0 Å². The van der Waals surface area contributed by atoms with Crippen molar-refractivity contribution < 1.29 is 32.2 Å². The summed E-state index contributed by atoms with van der Waals surface area (Å²) in [7, 11) is 1.37. The number of halogens is 3. The summed E-state index contributed by atoms with van der Waals surface area (Å²) in [5.41, 5.74) is 2.55. The first kappa shape index (κ1) is 24.6. The molecule has 37 heavy (non-hydrogen) atoms. The normalized spacial score (nSPS) is 26.5. The van der Waals surface area contributed by atoms with E-state index in [-0.39, 0.29) is 24.4 Å². The number of alkyl halides is 3. The van der Waals surface area contributed by atoms with Gasteiger partial charge in [-0.25, -0.2) is 0 Å².